The van der Waals surface area contributed by atoms with Gasteiger partial charge in [0, 0.05) is 30.2 Å². The molecule has 2 bridgehead atoms. The number of rotatable bonds is 3. The number of hydrogen-bond acceptors (Lipinski definition) is 5. The Morgan fingerprint density at radius 1 is 1.33 bits per heavy atom. The molecule has 2 saturated heterocycles. The van der Waals surface area contributed by atoms with Crippen LogP contribution in [0.2, 0.25) is 0 Å². The molecule has 1 aromatic rings. The number of hydrogen-bond donors (Lipinski definition) is 1. The highest BCUT2D eigenvalue weighted by Gasteiger charge is 2.65. The van der Waals surface area contributed by atoms with Crippen molar-refractivity contribution < 1.29 is 24.2 Å². The summed E-state index contributed by atoms with van der Waals surface area (Å²) in [6.07, 6.45) is 2.91. The minimum Gasteiger partial charge on any atom is -0.550 e. The second-order valence-corrected chi connectivity index (χ2v) is 6.37. The molecule has 0 radical (unpaired) electrons. The molecule has 0 aromatic heterocycles. The van der Waals surface area contributed by atoms with E-state index in [2.05, 4.69) is 5.32 Å². The van der Waals surface area contributed by atoms with Crippen LogP contribution in [-0.4, -0.2) is 36.0 Å². The first-order valence-corrected chi connectivity index (χ1v) is 7.68. The zero-order valence-electron chi connectivity index (χ0n) is 12.9. The number of amides is 2. The Balaban J connectivity index is 1.63. The number of carboxylic acids is 1. The molecule has 3 heterocycles. The highest BCUT2D eigenvalue weighted by Crippen LogP contribution is 2.52. The second-order valence-electron chi connectivity index (χ2n) is 6.37. The largest absolute Gasteiger partial charge is 0.550 e. The van der Waals surface area contributed by atoms with Crippen LogP contribution >= 0.6 is 0 Å². The fraction of sp³-hybridized carbons (Fsp3) is 0.353. The van der Waals surface area contributed by atoms with Crippen LogP contribution in [0.5, 0.6) is 0 Å². The third-order valence-electron chi connectivity index (χ3n) is 4.87. The molecule has 0 saturated carbocycles. The number of nitrogens with one attached hydrogen (secondary N) is 1. The lowest BCUT2D eigenvalue weighted by Gasteiger charge is -2.24. The number of ether oxygens (including phenoxy) is 1. The maximum Gasteiger partial charge on any atom is 0.234 e. The van der Waals surface area contributed by atoms with Gasteiger partial charge in [-0.05, 0) is 24.3 Å². The van der Waals surface area contributed by atoms with Crippen LogP contribution in [0.15, 0.2) is 36.4 Å². The van der Waals surface area contributed by atoms with Crippen molar-refractivity contribution in [2.45, 2.75) is 18.6 Å². The van der Waals surface area contributed by atoms with Crippen molar-refractivity contribution in [3.05, 3.63) is 36.4 Å². The molecule has 24 heavy (non-hydrogen) atoms. The standard InChI is InChI=1S/C17H16N2O5/c1-9(20)18-10-2-4-11(5-3-10)19-8-17-7-6-12(24-17)13(16(22)23)14(17)15(19)21/h2-7,12-14H,8H2,1H3,(H,18,20)(H,22,23)/p-1/t12-,13+,14+,17-/m0/s1. The van der Waals surface area contributed by atoms with Crippen molar-refractivity contribution in [2.24, 2.45) is 11.8 Å². The lowest BCUT2D eigenvalue weighted by Crippen LogP contribution is -2.45. The molecule has 7 heteroatoms. The smallest absolute Gasteiger partial charge is 0.234 e. The van der Waals surface area contributed by atoms with E-state index in [0.29, 0.717) is 11.4 Å². The highest BCUT2D eigenvalue weighted by atomic mass is 16.5. The summed E-state index contributed by atoms with van der Waals surface area (Å²) in [5.74, 6) is -3.42. The fourth-order valence-electron chi connectivity index (χ4n) is 3.91. The van der Waals surface area contributed by atoms with Gasteiger partial charge in [0.1, 0.15) is 5.60 Å². The average Bonchev–Trinajstić information content (AvgIpc) is 3.16. The molecular formula is C17H15N2O5-. The van der Waals surface area contributed by atoms with Crippen LogP contribution in [-0.2, 0) is 19.1 Å². The first-order valence-electron chi connectivity index (χ1n) is 7.68. The van der Waals surface area contributed by atoms with Gasteiger partial charge in [0.05, 0.1) is 18.6 Å². The first kappa shape index (κ1) is 14.9. The molecule has 1 spiro atoms. The molecule has 2 amide bonds. The van der Waals surface area contributed by atoms with E-state index in [0.717, 1.165) is 0 Å². The highest BCUT2D eigenvalue weighted by molar-refractivity contribution is 6.02. The Labute approximate surface area is 137 Å². The molecule has 2 fully saturated rings. The Morgan fingerprint density at radius 2 is 2.04 bits per heavy atom. The van der Waals surface area contributed by atoms with Gasteiger partial charge >= 0.3 is 0 Å². The van der Waals surface area contributed by atoms with Crippen molar-refractivity contribution in [3.8, 4) is 0 Å². The van der Waals surface area contributed by atoms with Crippen molar-refractivity contribution >= 4 is 29.2 Å². The van der Waals surface area contributed by atoms with Crippen LogP contribution < -0.4 is 15.3 Å². The number of carbonyl (C=O) groups is 3. The van der Waals surface area contributed by atoms with Crippen molar-refractivity contribution in [2.75, 3.05) is 16.8 Å². The van der Waals surface area contributed by atoms with E-state index in [9.17, 15) is 19.5 Å². The lowest BCUT2D eigenvalue weighted by atomic mass is 9.77. The van der Waals surface area contributed by atoms with Gasteiger partial charge < -0.3 is 24.9 Å². The predicted octanol–water partition coefficient (Wildman–Crippen LogP) is -0.319. The van der Waals surface area contributed by atoms with E-state index >= 15 is 0 Å². The van der Waals surface area contributed by atoms with E-state index < -0.39 is 29.5 Å². The normalized spacial score (nSPS) is 33.0. The van der Waals surface area contributed by atoms with E-state index in [1.54, 1.807) is 36.4 Å². The number of benzene rings is 1. The van der Waals surface area contributed by atoms with Crippen LogP contribution in [0.3, 0.4) is 0 Å². The van der Waals surface area contributed by atoms with Crippen LogP contribution in [0.1, 0.15) is 6.92 Å². The van der Waals surface area contributed by atoms with Gasteiger partial charge in [0.15, 0.2) is 0 Å². The first-order chi connectivity index (χ1) is 11.4. The summed E-state index contributed by atoms with van der Waals surface area (Å²) in [6, 6.07) is 6.82. The topological polar surface area (TPSA) is 98.8 Å². The SMILES string of the molecule is CC(=O)Nc1ccc(N2C[C@]34C=C[C@H](O3)[C@@H](C(=O)[O-])[C@@H]4C2=O)cc1. The number of fused-ring (bicyclic) bond motifs is 1. The van der Waals surface area contributed by atoms with E-state index in [1.165, 1.54) is 11.8 Å². The molecule has 1 N–H and O–H groups in total. The number of nitrogens with zero attached hydrogens (tertiary/aromatic N) is 1. The van der Waals surface area contributed by atoms with Crippen molar-refractivity contribution in [1.29, 1.82) is 0 Å². The maximum absolute atomic E-state index is 12.8. The van der Waals surface area contributed by atoms with Crippen LogP contribution in [0, 0.1) is 11.8 Å². The molecule has 1 aromatic carbocycles. The average molecular weight is 327 g/mol. The summed E-state index contributed by atoms with van der Waals surface area (Å²) in [7, 11) is 0. The zero-order chi connectivity index (χ0) is 17.1. The molecule has 0 aliphatic carbocycles. The van der Waals surface area contributed by atoms with Gasteiger partial charge in [-0.3, -0.25) is 9.59 Å². The number of aliphatic carboxylic acids is 1. The summed E-state index contributed by atoms with van der Waals surface area (Å²) in [6.45, 7) is 1.69. The molecule has 7 nitrogen and oxygen atoms in total. The lowest BCUT2D eigenvalue weighted by molar-refractivity contribution is -0.313. The Morgan fingerprint density at radius 3 is 2.67 bits per heavy atom. The second kappa shape index (κ2) is 4.91. The van der Waals surface area contributed by atoms with E-state index in [-0.39, 0.29) is 18.4 Å². The summed E-state index contributed by atoms with van der Waals surface area (Å²) in [4.78, 5) is 36.8. The van der Waals surface area contributed by atoms with Crippen molar-refractivity contribution in [1.82, 2.24) is 0 Å². The monoisotopic (exact) mass is 327 g/mol. The Bertz CT molecular complexity index is 772. The molecular weight excluding hydrogens is 312 g/mol. The van der Waals surface area contributed by atoms with Gasteiger partial charge in [-0.2, -0.15) is 0 Å². The minimum absolute atomic E-state index is 0.180. The summed E-state index contributed by atoms with van der Waals surface area (Å²) in [5, 5.41) is 14.1. The van der Waals surface area contributed by atoms with E-state index in [4.69, 9.17) is 4.74 Å². The molecule has 0 unspecified atom stereocenters. The quantitative estimate of drug-likeness (QED) is 0.767. The molecule has 3 aliphatic heterocycles. The van der Waals surface area contributed by atoms with Crippen LogP contribution in [0.4, 0.5) is 11.4 Å². The summed E-state index contributed by atoms with van der Waals surface area (Å²) >= 11 is 0. The van der Waals surface area contributed by atoms with Gasteiger partial charge in [0.25, 0.3) is 0 Å². The van der Waals surface area contributed by atoms with E-state index in [1.807, 2.05) is 0 Å². The molecule has 4 rings (SSSR count). The third kappa shape index (κ3) is 1.98. The van der Waals surface area contributed by atoms with Crippen LogP contribution in [0.25, 0.3) is 0 Å². The molecule has 124 valence electrons. The number of anilines is 2. The van der Waals surface area contributed by atoms with Crippen molar-refractivity contribution in [3.63, 3.8) is 0 Å². The van der Waals surface area contributed by atoms with Gasteiger partial charge in [-0.15, -0.1) is 0 Å². The zero-order valence-corrected chi connectivity index (χ0v) is 12.9. The van der Waals surface area contributed by atoms with Gasteiger partial charge in [-0.25, -0.2) is 0 Å². The number of carbonyl (C=O) groups excluding carboxylic acids is 3. The fourth-order valence-corrected chi connectivity index (χ4v) is 3.91. The minimum atomic E-state index is -1.26. The predicted molar refractivity (Wildman–Crippen MR) is 81.8 cm³/mol. The Hall–Kier alpha value is -2.67. The third-order valence-corrected chi connectivity index (χ3v) is 4.87. The van der Waals surface area contributed by atoms with Gasteiger partial charge in [-0.1, -0.05) is 12.2 Å². The Kier molecular flexibility index (Phi) is 3.05. The summed E-state index contributed by atoms with van der Waals surface area (Å²) in [5.41, 5.74) is 0.374. The number of carboxylic acid groups (broad SMARTS) is 1. The summed E-state index contributed by atoms with van der Waals surface area (Å²) < 4.78 is 5.80. The van der Waals surface area contributed by atoms with Gasteiger partial charge in [0.2, 0.25) is 11.8 Å². The maximum atomic E-state index is 12.8. The molecule has 4 atom stereocenters. The molecule has 3 aliphatic rings.